The Morgan fingerprint density at radius 1 is 1.55 bits per heavy atom. The molecule has 0 fully saturated rings. The minimum atomic E-state index is -0.433. The van der Waals surface area contributed by atoms with E-state index in [1.165, 1.54) is 11.0 Å². The predicted octanol–water partition coefficient (Wildman–Crippen LogP) is 1.01. The largest absolute Gasteiger partial charge is 0.465 e. The van der Waals surface area contributed by atoms with Crippen LogP contribution >= 0.6 is 0 Å². The Hall–Kier alpha value is -2.37. The van der Waals surface area contributed by atoms with Gasteiger partial charge in [-0.3, -0.25) is 14.3 Å². The molecule has 1 amide bonds. The fraction of sp³-hybridized carbons (Fsp3) is 0.357. The van der Waals surface area contributed by atoms with Gasteiger partial charge in [-0.25, -0.2) is 0 Å². The lowest BCUT2D eigenvalue weighted by Crippen LogP contribution is -2.35. The Bertz CT molecular complexity index is 506. The van der Waals surface area contributed by atoms with E-state index in [0.717, 1.165) is 5.56 Å². The molecule has 6 heteroatoms. The number of carbonyl (C=O) groups is 2. The van der Waals surface area contributed by atoms with E-state index in [2.05, 4.69) is 11.7 Å². The molecule has 0 radical (unpaired) electrons. The third-order valence-electron chi connectivity index (χ3n) is 2.43. The summed E-state index contributed by atoms with van der Waals surface area (Å²) >= 11 is 0. The number of hydrogen-bond acceptors (Lipinski definition) is 4. The van der Waals surface area contributed by atoms with Crippen LogP contribution in [0.15, 0.2) is 31.1 Å². The van der Waals surface area contributed by atoms with Crippen molar-refractivity contribution in [2.24, 2.45) is 7.05 Å². The van der Waals surface area contributed by atoms with Crippen molar-refractivity contribution in [3.05, 3.63) is 36.7 Å². The van der Waals surface area contributed by atoms with E-state index in [-0.39, 0.29) is 19.0 Å². The summed E-state index contributed by atoms with van der Waals surface area (Å²) in [6, 6.07) is 0. The summed E-state index contributed by atoms with van der Waals surface area (Å²) in [7, 11) is 1.80. The summed E-state index contributed by atoms with van der Waals surface area (Å²) in [4.78, 5) is 24.8. The highest BCUT2D eigenvalue weighted by molar-refractivity contribution is 5.93. The Kier molecular flexibility index (Phi) is 6.22. The molecule has 0 bridgehead atoms. The second-order valence-electron chi connectivity index (χ2n) is 4.09. The number of hydrogen-bond donors (Lipinski definition) is 0. The maximum atomic E-state index is 12.0. The summed E-state index contributed by atoms with van der Waals surface area (Å²) < 4.78 is 6.47. The number of amides is 1. The minimum Gasteiger partial charge on any atom is -0.465 e. The van der Waals surface area contributed by atoms with Crippen LogP contribution in [0.5, 0.6) is 0 Å². The average Bonchev–Trinajstić information content (AvgIpc) is 2.81. The maximum absolute atomic E-state index is 12.0. The molecule has 0 saturated heterocycles. The molecule has 1 heterocycles. The van der Waals surface area contributed by atoms with Gasteiger partial charge in [0, 0.05) is 31.4 Å². The fourth-order valence-electron chi connectivity index (χ4n) is 1.55. The Morgan fingerprint density at radius 2 is 2.30 bits per heavy atom. The second-order valence-corrected chi connectivity index (χ2v) is 4.09. The molecule has 20 heavy (non-hydrogen) atoms. The lowest BCUT2D eigenvalue weighted by atomic mass is 10.3. The van der Waals surface area contributed by atoms with E-state index in [0.29, 0.717) is 6.61 Å². The van der Waals surface area contributed by atoms with Gasteiger partial charge in [0.1, 0.15) is 6.54 Å². The molecule has 0 N–H and O–H groups in total. The van der Waals surface area contributed by atoms with Crippen LogP contribution in [0.2, 0.25) is 0 Å². The van der Waals surface area contributed by atoms with E-state index in [1.807, 2.05) is 0 Å². The van der Waals surface area contributed by atoms with Crippen molar-refractivity contribution in [2.75, 3.05) is 19.7 Å². The van der Waals surface area contributed by atoms with Crippen LogP contribution in [0, 0.1) is 0 Å². The summed E-state index contributed by atoms with van der Waals surface area (Å²) in [5.41, 5.74) is 0.815. The smallest absolute Gasteiger partial charge is 0.325 e. The molecule has 0 unspecified atom stereocenters. The molecule has 108 valence electrons. The third kappa shape index (κ3) is 5.09. The number of aryl methyl sites for hydroxylation is 1. The van der Waals surface area contributed by atoms with Gasteiger partial charge < -0.3 is 9.64 Å². The Morgan fingerprint density at radius 3 is 2.85 bits per heavy atom. The number of nitrogens with zero attached hydrogens (tertiary/aromatic N) is 3. The fourth-order valence-corrected chi connectivity index (χ4v) is 1.55. The highest BCUT2D eigenvalue weighted by Crippen LogP contribution is 2.01. The van der Waals surface area contributed by atoms with Crippen LogP contribution in [0.3, 0.4) is 0 Å². The quantitative estimate of drug-likeness (QED) is 0.424. The number of rotatable bonds is 7. The third-order valence-corrected chi connectivity index (χ3v) is 2.43. The Balaban J connectivity index is 2.65. The van der Waals surface area contributed by atoms with Crippen LogP contribution in [-0.2, 0) is 21.4 Å². The first-order chi connectivity index (χ1) is 9.56. The lowest BCUT2D eigenvalue weighted by Gasteiger charge is -2.17. The number of ether oxygens (including phenoxy) is 1. The molecule has 1 aromatic rings. The summed E-state index contributed by atoms with van der Waals surface area (Å²) in [5, 5.41) is 4.00. The molecule has 6 nitrogen and oxygen atoms in total. The molecule has 0 aliphatic carbocycles. The van der Waals surface area contributed by atoms with Crippen molar-refractivity contribution in [2.45, 2.75) is 6.92 Å². The van der Waals surface area contributed by atoms with Gasteiger partial charge in [-0.15, -0.1) is 6.58 Å². The highest BCUT2D eigenvalue weighted by Gasteiger charge is 2.14. The van der Waals surface area contributed by atoms with Gasteiger partial charge in [-0.1, -0.05) is 6.08 Å². The SMILES string of the molecule is C=CCN(CC(=O)OCC)C(=O)/C=C/c1cnn(C)c1. The van der Waals surface area contributed by atoms with Gasteiger partial charge in [-0.05, 0) is 13.0 Å². The van der Waals surface area contributed by atoms with E-state index < -0.39 is 5.97 Å². The van der Waals surface area contributed by atoms with Crippen molar-refractivity contribution in [3.63, 3.8) is 0 Å². The molecule has 1 rings (SSSR count). The van der Waals surface area contributed by atoms with Gasteiger partial charge in [0.2, 0.25) is 5.91 Å². The van der Waals surface area contributed by atoms with Gasteiger partial charge in [0.25, 0.3) is 0 Å². The lowest BCUT2D eigenvalue weighted by molar-refractivity contribution is -0.147. The van der Waals surface area contributed by atoms with Crippen molar-refractivity contribution in [1.82, 2.24) is 14.7 Å². The number of carbonyl (C=O) groups excluding carboxylic acids is 2. The van der Waals surface area contributed by atoms with E-state index in [1.54, 1.807) is 43.2 Å². The maximum Gasteiger partial charge on any atom is 0.325 e. The first kappa shape index (κ1) is 15.7. The zero-order valence-corrected chi connectivity index (χ0v) is 11.8. The average molecular weight is 277 g/mol. The van der Waals surface area contributed by atoms with Crippen molar-refractivity contribution in [1.29, 1.82) is 0 Å². The summed E-state index contributed by atoms with van der Waals surface area (Å²) in [5.74, 6) is -0.709. The molecular weight excluding hydrogens is 258 g/mol. The van der Waals surface area contributed by atoms with Crippen molar-refractivity contribution < 1.29 is 14.3 Å². The first-order valence-corrected chi connectivity index (χ1v) is 6.29. The monoisotopic (exact) mass is 277 g/mol. The van der Waals surface area contributed by atoms with Crippen LogP contribution in [0.25, 0.3) is 6.08 Å². The van der Waals surface area contributed by atoms with Crippen LogP contribution in [-0.4, -0.2) is 46.3 Å². The topological polar surface area (TPSA) is 64.4 Å². The summed E-state index contributed by atoms with van der Waals surface area (Å²) in [6.45, 7) is 5.79. The van der Waals surface area contributed by atoms with E-state index in [4.69, 9.17) is 4.74 Å². The highest BCUT2D eigenvalue weighted by atomic mass is 16.5. The molecule has 0 spiro atoms. The number of aromatic nitrogens is 2. The van der Waals surface area contributed by atoms with Crippen LogP contribution < -0.4 is 0 Å². The normalized spacial score (nSPS) is 10.5. The molecule has 1 aromatic heterocycles. The molecular formula is C14H19N3O3. The zero-order valence-electron chi connectivity index (χ0n) is 11.8. The predicted molar refractivity (Wildman–Crippen MR) is 75.7 cm³/mol. The number of esters is 1. The standard InChI is InChI=1S/C14H19N3O3/c1-4-8-17(11-14(19)20-5-2)13(18)7-6-12-9-15-16(3)10-12/h4,6-7,9-10H,1,5,8,11H2,2-3H3/b7-6+. The molecule has 0 saturated carbocycles. The molecule has 0 atom stereocenters. The zero-order chi connectivity index (χ0) is 15.0. The molecule has 0 aromatic carbocycles. The molecule has 0 aliphatic heterocycles. The molecule has 0 aliphatic rings. The van der Waals surface area contributed by atoms with Crippen molar-refractivity contribution in [3.8, 4) is 0 Å². The van der Waals surface area contributed by atoms with Crippen LogP contribution in [0.1, 0.15) is 12.5 Å². The first-order valence-electron chi connectivity index (χ1n) is 6.29. The van der Waals surface area contributed by atoms with Gasteiger partial charge >= 0.3 is 5.97 Å². The second kappa shape index (κ2) is 7.93. The van der Waals surface area contributed by atoms with Crippen molar-refractivity contribution >= 4 is 18.0 Å². The summed E-state index contributed by atoms with van der Waals surface area (Å²) in [6.07, 6.45) is 8.05. The van der Waals surface area contributed by atoms with E-state index >= 15 is 0 Å². The van der Waals surface area contributed by atoms with Gasteiger partial charge in [0.15, 0.2) is 0 Å². The van der Waals surface area contributed by atoms with Gasteiger partial charge in [-0.2, -0.15) is 5.10 Å². The van der Waals surface area contributed by atoms with Gasteiger partial charge in [0.05, 0.1) is 12.8 Å². The minimum absolute atomic E-state index is 0.0872. The van der Waals surface area contributed by atoms with E-state index in [9.17, 15) is 9.59 Å². The van der Waals surface area contributed by atoms with Crippen LogP contribution in [0.4, 0.5) is 0 Å². The Labute approximate surface area is 118 Å².